The molecule has 0 spiro atoms. The number of nitrogens with zero attached hydrogens (tertiary/aromatic N) is 3. The molecule has 1 fully saturated rings. The molecule has 1 aromatic heterocycles. The number of amides is 2. The van der Waals surface area contributed by atoms with Gasteiger partial charge in [0.15, 0.2) is 21.3 Å². The molecule has 2 heterocycles. The van der Waals surface area contributed by atoms with Crippen LogP contribution in [0.15, 0.2) is 59.6 Å². The van der Waals surface area contributed by atoms with Crippen LogP contribution in [0.5, 0.6) is 0 Å². The van der Waals surface area contributed by atoms with Crippen LogP contribution in [0.4, 0.5) is 10.1 Å². The molecular weight excluding hydrogens is 459 g/mol. The number of carbonyl (C=O) groups excluding carboxylic acids is 2. The molecule has 176 valence electrons. The molecule has 0 bridgehead atoms. The van der Waals surface area contributed by atoms with E-state index in [9.17, 15) is 22.4 Å². The first-order valence-corrected chi connectivity index (χ1v) is 12.5. The number of benzene rings is 2. The Morgan fingerprint density at radius 3 is 2.74 bits per heavy atom. The van der Waals surface area contributed by atoms with Crippen molar-refractivity contribution < 1.29 is 26.5 Å². The van der Waals surface area contributed by atoms with E-state index in [1.54, 1.807) is 0 Å². The van der Waals surface area contributed by atoms with Crippen molar-refractivity contribution in [2.24, 2.45) is 5.92 Å². The van der Waals surface area contributed by atoms with E-state index >= 15 is 0 Å². The third-order valence-corrected chi connectivity index (χ3v) is 7.34. The standard InChI is InChI=1S/C24H23FN4O4S/c1-28-20-9-8-15(34(2,32)33)10-17(20)16-11-18(16)21(24(28)31)26-23(30)22-19(25)13-29(27-22)12-14-6-4-3-5-7-14/h3-10,13,16,18,21H,11-12H2,1-2H3,(H,26,30)/i1D3. The van der Waals surface area contributed by atoms with Gasteiger partial charge in [0.05, 0.1) is 17.6 Å². The molecule has 0 saturated heterocycles. The molecule has 3 aromatic rings. The van der Waals surface area contributed by atoms with Crippen LogP contribution in [-0.4, -0.2) is 49.3 Å². The van der Waals surface area contributed by atoms with Crippen molar-refractivity contribution in [2.75, 3.05) is 18.1 Å². The zero-order chi connectivity index (χ0) is 26.7. The summed E-state index contributed by atoms with van der Waals surface area (Å²) in [6.45, 7) is -2.68. The van der Waals surface area contributed by atoms with Crippen molar-refractivity contribution in [3.63, 3.8) is 0 Å². The van der Waals surface area contributed by atoms with Crippen molar-refractivity contribution in [1.29, 1.82) is 0 Å². The fourth-order valence-electron chi connectivity index (χ4n) is 4.43. The summed E-state index contributed by atoms with van der Waals surface area (Å²) in [6.07, 6.45) is 2.54. The highest BCUT2D eigenvalue weighted by Gasteiger charge is 2.52. The predicted octanol–water partition coefficient (Wildman–Crippen LogP) is 2.35. The minimum absolute atomic E-state index is 0.00310. The molecule has 10 heteroatoms. The zero-order valence-electron chi connectivity index (χ0n) is 21.1. The van der Waals surface area contributed by atoms with E-state index in [4.69, 9.17) is 4.11 Å². The first-order chi connectivity index (χ1) is 17.3. The Bertz CT molecular complexity index is 1510. The lowest BCUT2D eigenvalue weighted by atomic mass is 10.1. The van der Waals surface area contributed by atoms with E-state index < -0.39 is 52.1 Å². The summed E-state index contributed by atoms with van der Waals surface area (Å²) in [7, 11) is -3.58. The molecular formula is C24H23FN4O4S. The van der Waals surface area contributed by atoms with Crippen LogP contribution in [0.1, 0.15) is 38.1 Å². The number of sulfone groups is 1. The smallest absolute Gasteiger partial charge is 0.275 e. The summed E-state index contributed by atoms with van der Waals surface area (Å²) >= 11 is 0. The maximum absolute atomic E-state index is 14.7. The van der Waals surface area contributed by atoms with E-state index in [1.165, 1.54) is 22.9 Å². The van der Waals surface area contributed by atoms with E-state index in [0.29, 0.717) is 16.9 Å². The molecule has 0 radical (unpaired) electrons. The summed E-state index contributed by atoms with van der Waals surface area (Å²) in [5.41, 5.74) is 0.811. The van der Waals surface area contributed by atoms with Crippen LogP contribution in [0.25, 0.3) is 0 Å². The highest BCUT2D eigenvalue weighted by molar-refractivity contribution is 7.90. The van der Waals surface area contributed by atoms with Crippen molar-refractivity contribution in [2.45, 2.75) is 29.8 Å². The highest BCUT2D eigenvalue weighted by atomic mass is 32.2. The minimum Gasteiger partial charge on any atom is -0.338 e. The molecule has 1 N–H and O–H groups in total. The van der Waals surface area contributed by atoms with Gasteiger partial charge in [-0.3, -0.25) is 14.3 Å². The van der Waals surface area contributed by atoms with Gasteiger partial charge >= 0.3 is 0 Å². The predicted molar refractivity (Wildman–Crippen MR) is 123 cm³/mol. The number of hydrogen-bond acceptors (Lipinski definition) is 5. The Morgan fingerprint density at radius 1 is 1.26 bits per heavy atom. The first-order valence-electron chi connectivity index (χ1n) is 12.1. The summed E-state index contributed by atoms with van der Waals surface area (Å²) < 4.78 is 64.0. The van der Waals surface area contributed by atoms with Crippen LogP contribution in [0.3, 0.4) is 0 Å². The van der Waals surface area contributed by atoms with E-state index in [2.05, 4.69) is 10.4 Å². The van der Waals surface area contributed by atoms with Gasteiger partial charge in [-0.05, 0) is 47.6 Å². The normalized spacial score (nSPS) is 23.1. The molecule has 2 aliphatic rings. The molecule has 5 rings (SSSR count). The van der Waals surface area contributed by atoms with Crippen molar-refractivity contribution in [3.8, 4) is 0 Å². The van der Waals surface area contributed by atoms with Gasteiger partial charge in [0, 0.05) is 23.0 Å². The molecule has 8 nitrogen and oxygen atoms in total. The number of hydrogen-bond donors (Lipinski definition) is 1. The third kappa shape index (κ3) is 3.98. The van der Waals surface area contributed by atoms with Crippen molar-refractivity contribution in [1.82, 2.24) is 15.1 Å². The Kier molecular flexibility index (Phi) is 4.46. The Labute approximate surface area is 200 Å². The maximum Gasteiger partial charge on any atom is 0.275 e. The van der Waals surface area contributed by atoms with Gasteiger partial charge in [-0.25, -0.2) is 12.8 Å². The van der Waals surface area contributed by atoms with Crippen LogP contribution in [0, 0.1) is 11.7 Å². The SMILES string of the molecule is [2H]C([2H])([2H])N1C(=O)C(NC(=O)c2nn(Cc3ccccc3)cc2F)C2CC2c2cc(S(C)(=O)=O)ccc21. The maximum atomic E-state index is 14.7. The second-order valence-corrected chi connectivity index (χ2v) is 10.6. The number of fused-ring (bicyclic) bond motifs is 3. The van der Waals surface area contributed by atoms with Crippen LogP contribution in [-0.2, 0) is 21.2 Å². The third-order valence-electron chi connectivity index (χ3n) is 6.23. The van der Waals surface area contributed by atoms with Gasteiger partial charge in [0.1, 0.15) is 6.04 Å². The summed E-state index contributed by atoms with van der Waals surface area (Å²) in [5, 5.41) is 6.53. The Balaban J connectivity index is 1.45. The number of halogens is 1. The average molecular weight is 486 g/mol. The number of likely N-dealkylation sites (N-methyl/N-ethyl adjacent to an activating group) is 1. The van der Waals surface area contributed by atoms with Gasteiger partial charge in [-0.1, -0.05) is 30.3 Å². The average Bonchev–Trinajstić information content (AvgIpc) is 3.52. The number of aromatic nitrogens is 2. The van der Waals surface area contributed by atoms with Crippen LogP contribution >= 0.6 is 0 Å². The van der Waals surface area contributed by atoms with Gasteiger partial charge in [-0.2, -0.15) is 5.10 Å². The van der Waals surface area contributed by atoms with Gasteiger partial charge in [-0.15, -0.1) is 0 Å². The lowest BCUT2D eigenvalue weighted by Crippen LogP contribution is -2.48. The molecule has 1 aliphatic carbocycles. The second kappa shape index (κ2) is 8.05. The number of carbonyl (C=O) groups is 2. The lowest BCUT2D eigenvalue weighted by molar-refractivity contribution is -0.120. The summed E-state index contributed by atoms with van der Waals surface area (Å²) in [4.78, 5) is 27.1. The van der Waals surface area contributed by atoms with Gasteiger partial charge in [0.2, 0.25) is 5.91 Å². The molecule has 1 saturated carbocycles. The van der Waals surface area contributed by atoms with Gasteiger partial charge in [0.25, 0.3) is 5.91 Å². The Morgan fingerprint density at radius 2 is 2.03 bits per heavy atom. The van der Waals surface area contributed by atoms with Crippen LogP contribution < -0.4 is 10.2 Å². The molecule has 3 atom stereocenters. The molecule has 3 unspecified atom stereocenters. The number of rotatable bonds is 5. The zero-order valence-corrected chi connectivity index (χ0v) is 18.9. The van der Waals surface area contributed by atoms with Crippen molar-refractivity contribution >= 4 is 27.3 Å². The lowest BCUT2D eigenvalue weighted by Gasteiger charge is -2.23. The first kappa shape index (κ1) is 18.8. The number of anilines is 1. The van der Waals surface area contributed by atoms with E-state index in [0.717, 1.165) is 18.0 Å². The fourth-order valence-corrected chi connectivity index (χ4v) is 5.08. The fraction of sp³-hybridized carbons (Fsp3) is 0.292. The second-order valence-electron chi connectivity index (χ2n) is 8.63. The van der Waals surface area contributed by atoms with E-state index in [1.807, 2.05) is 30.3 Å². The highest BCUT2D eigenvalue weighted by Crippen LogP contribution is 2.54. The van der Waals surface area contributed by atoms with Crippen LogP contribution in [0.2, 0.25) is 0 Å². The summed E-state index contributed by atoms with van der Waals surface area (Å²) in [5.74, 6) is -3.53. The monoisotopic (exact) mass is 485 g/mol. The quantitative estimate of drug-likeness (QED) is 0.598. The summed E-state index contributed by atoms with van der Waals surface area (Å²) in [6, 6.07) is 11.8. The van der Waals surface area contributed by atoms with Gasteiger partial charge < -0.3 is 10.2 Å². The number of nitrogens with one attached hydrogen (secondary N) is 1. The molecule has 34 heavy (non-hydrogen) atoms. The largest absolute Gasteiger partial charge is 0.338 e. The topological polar surface area (TPSA) is 101 Å². The molecule has 1 aliphatic heterocycles. The van der Waals surface area contributed by atoms with Crippen molar-refractivity contribution in [3.05, 3.63) is 77.4 Å². The Hall–Kier alpha value is -3.53. The van der Waals surface area contributed by atoms with E-state index in [-0.39, 0.29) is 23.0 Å². The minimum atomic E-state index is -3.58. The molecule has 2 amide bonds. The molecule has 2 aromatic carbocycles.